The van der Waals surface area contributed by atoms with E-state index in [0.717, 1.165) is 22.6 Å². The first-order valence-electron chi connectivity index (χ1n) is 5.91. The molecule has 1 atom stereocenters. The van der Waals surface area contributed by atoms with Gasteiger partial charge < -0.3 is 16.0 Å². The zero-order chi connectivity index (χ0) is 13.3. The normalized spacial score (nSPS) is 13.2. The second kappa shape index (κ2) is 5.07. The van der Waals surface area contributed by atoms with Crippen molar-refractivity contribution in [3.8, 4) is 0 Å². The Bertz CT molecular complexity index is 549. The van der Waals surface area contributed by atoms with Crippen LogP contribution in [-0.2, 0) is 0 Å². The molecule has 3 N–H and O–H groups in total. The third-order valence-electron chi connectivity index (χ3n) is 2.98. The summed E-state index contributed by atoms with van der Waals surface area (Å²) in [4.78, 5) is 12.9. The minimum Gasteiger partial charge on any atom is -0.368 e. The van der Waals surface area contributed by atoms with Crippen LogP contribution in [0.15, 0.2) is 6.07 Å². The summed E-state index contributed by atoms with van der Waals surface area (Å²) in [5, 5.41) is 4.41. The molecule has 2 heterocycles. The van der Waals surface area contributed by atoms with Gasteiger partial charge in [-0.2, -0.15) is 4.98 Å². The number of likely N-dealkylation sites (N-methyl/N-ethyl adjacent to an activating group) is 1. The lowest BCUT2D eigenvalue weighted by Gasteiger charge is -2.20. The fourth-order valence-electron chi connectivity index (χ4n) is 1.62. The van der Waals surface area contributed by atoms with Crippen LogP contribution in [-0.4, -0.2) is 41.5 Å². The van der Waals surface area contributed by atoms with Crippen LogP contribution in [0.3, 0.4) is 0 Å². The minimum atomic E-state index is 0.323. The molecular formula is C12H19N5S. The molecule has 0 fully saturated rings. The van der Waals surface area contributed by atoms with Gasteiger partial charge in [0, 0.05) is 17.5 Å². The van der Waals surface area contributed by atoms with E-state index in [2.05, 4.69) is 54.2 Å². The monoisotopic (exact) mass is 265 g/mol. The number of nitrogen functional groups attached to an aromatic ring is 1. The lowest BCUT2D eigenvalue weighted by molar-refractivity contribution is 0.326. The number of fused-ring (bicyclic) bond motifs is 1. The molecule has 0 aliphatic heterocycles. The zero-order valence-electron chi connectivity index (χ0n) is 11.2. The largest absolute Gasteiger partial charge is 0.368 e. The molecule has 2 aromatic heterocycles. The molecule has 2 aromatic rings. The molecule has 0 aliphatic rings. The zero-order valence-corrected chi connectivity index (χ0v) is 12.0. The predicted molar refractivity (Wildman–Crippen MR) is 78.2 cm³/mol. The second-order valence-electron chi connectivity index (χ2n) is 4.70. The third kappa shape index (κ3) is 2.70. The van der Waals surface area contributed by atoms with Gasteiger partial charge in [-0.05, 0) is 34.0 Å². The standard InChI is InChI=1S/C12H19N5S/c1-7(17(3)4)6-14-10-9-5-8(2)18-11(9)16-12(13)15-10/h5,7H,6H2,1-4H3,(H3,13,14,15,16). The molecule has 1 unspecified atom stereocenters. The molecule has 5 nitrogen and oxygen atoms in total. The number of hydrogen-bond acceptors (Lipinski definition) is 6. The first-order chi connectivity index (χ1) is 8.47. The van der Waals surface area contributed by atoms with Gasteiger partial charge in [0.05, 0.1) is 5.39 Å². The molecule has 0 bridgehead atoms. The molecular weight excluding hydrogens is 246 g/mol. The topological polar surface area (TPSA) is 67.1 Å². The highest BCUT2D eigenvalue weighted by Gasteiger charge is 2.10. The second-order valence-corrected chi connectivity index (χ2v) is 5.93. The van der Waals surface area contributed by atoms with Crippen molar-refractivity contribution in [1.29, 1.82) is 0 Å². The Kier molecular flexibility index (Phi) is 3.68. The maximum atomic E-state index is 5.73. The van der Waals surface area contributed by atoms with Gasteiger partial charge in [0.15, 0.2) is 0 Å². The molecule has 6 heteroatoms. The molecule has 0 aliphatic carbocycles. The van der Waals surface area contributed by atoms with E-state index in [-0.39, 0.29) is 0 Å². The van der Waals surface area contributed by atoms with Crippen molar-refractivity contribution in [3.05, 3.63) is 10.9 Å². The highest BCUT2D eigenvalue weighted by Crippen LogP contribution is 2.28. The van der Waals surface area contributed by atoms with Gasteiger partial charge in [0.25, 0.3) is 0 Å². The Morgan fingerprint density at radius 3 is 2.83 bits per heavy atom. The number of anilines is 2. The number of hydrogen-bond donors (Lipinski definition) is 2. The molecule has 0 amide bonds. The highest BCUT2D eigenvalue weighted by atomic mass is 32.1. The molecule has 2 rings (SSSR count). The van der Waals surface area contributed by atoms with Crippen molar-refractivity contribution in [1.82, 2.24) is 14.9 Å². The van der Waals surface area contributed by atoms with E-state index >= 15 is 0 Å². The lowest BCUT2D eigenvalue weighted by atomic mass is 10.3. The number of nitrogens with two attached hydrogens (primary N) is 1. The van der Waals surface area contributed by atoms with Crippen molar-refractivity contribution in [2.24, 2.45) is 0 Å². The van der Waals surface area contributed by atoms with E-state index in [0.29, 0.717) is 12.0 Å². The fourth-order valence-corrected chi connectivity index (χ4v) is 2.51. The van der Waals surface area contributed by atoms with Crippen LogP contribution in [0.1, 0.15) is 11.8 Å². The van der Waals surface area contributed by atoms with Crippen LogP contribution < -0.4 is 11.1 Å². The number of aryl methyl sites for hydroxylation is 1. The molecule has 0 saturated carbocycles. The van der Waals surface area contributed by atoms with Crippen molar-refractivity contribution in [2.45, 2.75) is 19.9 Å². The number of rotatable bonds is 4. The van der Waals surface area contributed by atoms with Crippen molar-refractivity contribution < 1.29 is 0 Å². The van der Waals surface area contributed by atoms with Crippen molar-refractivity contribution >= 4 is 33.3 Å². The van der Waals surface area contributed by atoms with Gasteiger partial charge >= 0.3 is 0 Å². The van der Waals surface area contributed by atoms with E-state index in [4.69, 9.17) is 5.73 Å². The Hall–Kier alpha value is -1.40. The summed E-state index contributed by atoms with van der Waals surface area (Å²) in [5.41, 5.74) is 5.73. The minimum absolute atomic E-state index is 0.323. The third-order valence-corrected chi connectivity index (χ3v) is 3.92. The first kappa shape index (κ1) is 13.0. The Labute approximate surface area is 111 Å². The summed E-state index contributed by atoms with van der Waals surface area (Å²) >= 11 is 1.64. The van der Waals surface area contributed by atoms with Crippen molar-refractivity contribution in [3.63, 3.8) is 0 Å². The number of aromatic nitrogens is 2. The number of nitrogens with zero attached hydrogens (tertiary/aromatic N) is 3. The Morgan fingerprint density at radius 1 is 1.44 bits per heavy atom. The molecule has 18 heavy (non-hydrogen) atoms. The van der Waals surface area contributed by atoms with E-state index in [1.54, 1.807) is 11.3 Å². The fraction of sp³-hybridized carbons (Fsp3) is 0.500. The smallest absolute Gasteiger partial charge is 0.223 e. The maximum Gasteiger partial charge on any atom is 0.223 e. The van der Waals surface area contributed by atoms with Gasteiger partial charge in [0.2, 0.25) is 5.95 Å². The predicted octanol–water partition coefficient (Wildman–Crippen LogP) is 1.94. The molecule has 0 radical (unpaired) electrons. The molecule has 0 spiro atoms. The Balaban J connectivity index is 2.26. The summed E-state index contributed by atoms with van der Waals surface area (Å²) < 4.78 is 0. The van der Waals surface area contributed by atoms with Crippen molar-refractivity contribution in [2.75, 3.05) is 31.7 Å². The molecule has 0 saturated heterocycles. The Morgan fingerprint density at radius 2 is 2.17 bits per heavy atom. The van der Waals surface area contributed by atoms with Gasteiger partial charge in [0.1, 0.15) is 10.6 Å². The van der Waals surface area contributed by atoms with E-state index in [1.807, 2.05) is 0 Å². The van der Waals surface area contributed by atoms with E-state index in [9.17, 15) is 0 Å². The average molecular weight is 265 g/mol. The summed E-state index contributed by atoms with van der Waals surface area (Å²) in [6.07, 6.45) is 0. The SMILES string of the molecule is Cc1cc2c(NCC(C)N(C)C)nc(N)nc2s1. The van der Waals surface area contributed by atoms with Crippen LogP contribution in [0, 0.1) is 6.92 Å². The summed E-state index contributed by atoms with van der Waals surface area (Å²) in [5.74, 6) is 1.15. The number of nitrogens with one attached hydrogen (secondary N) is 1. The molecule has 0 aromatic carbocycles. The van der Waals surface area contributed by atoms with E-state index in [1.165, 1.54) is 4.88 Å². The van der Waals surface area contributed by atoms with Crippen LogP contribution in [0.5, 0.6) is 0 Å². The van der Waals surface area contributed by atoms with Crippen LogP contribution >= 0.6 is 11.3 Å². The highest BCUT2D eigenvalue weighted by molar-refractivity contribution is 7.18. The van der Waals surface area contributed by atoms with Gasteiger partial charge in [-0.25, -0.2) is 4.98 Å². The average Bonchev–Trinajstić information content (AvgIpc) is 2.65. The van der Waals surface area contributed by atoms with Crippen LogP contribution in [0.25, 0.3) is 10.2 Å². The summed E-state index contributed by atoms with van der Waals surface area (Å²) in [6, 6.07) is 2.53. The maximum absolute atomic E-state index is 5.73. The van der Waals surface area contributed by atoms with Gasteiger partial charge in [-0.15, -0.1) is 11.3 Å². The number of thiophene rings is 1. The molecule has 98 valence electrons. The lowest BCUT2D eigenvalue weighted by Crippen LogP contribution is -2.31. The quantitative estimate of drug-likeness (QED) is 0.884. The summed E-state index contributed by atoms with van der Waals surface area (Å²) in [7, 11) is 4.12. The summed E-state index contributed by atoms with van der Waals surface area (Å²) in [6.45, 7) is 5.05. The van der Waals surface area contributed by atoms with E-state index < -0.39 is 0 Å². The first-order valence-corrected chi connectivity index (χ1v) is 6.73. The van der Waals surface area contributed by atoms with Crippen LogP contribution in [0.4, 0.5) is 11.8 Å². The van der Waals surface area contributed by atoms with Gasteiger partial charge in [-0.1, -0.05) is 0 Å². The van der Waals surface area contributed by atoms with Gasteiger partial charge in [-0.3, -0.25) is 0 Å². The van der Waals surface area contributed by atoms with Crippen LogP contribution in [0.2, 0.25) is 0 Å².